The van der Waals surface area contributed by atoms with Crippen LogP contribution in [0.3, 0.4) is 0 Å². The topological polar surface area (TPSA) is 144 Å². The number of fused-ring (bicyclic) bond motifs is 1. The Bertz CT molecular complexity index is 1280. The second-order valence-corrected chi connectivity index (χ2v) is 11.4. The zero-order valence-corrected chi connectivity index (χ0v) is 22.8. The third kappa shape index (κ3) is 5.34. The minimum absolute atomic E-state index is 0.106. The standard InChI is InChI=1S/C22H28BrN6O6P/c1-13(21(30)33-4)28(2)36(31,35-17-7-5-15(23)6-8-17)34-11-14-9-16(10-14)29-12-25-18-19(29)26-22(24)27-20(18)32-3/h5-8,12-14,16H,9-11H2,1-4H3,(H2,24,26,27)/t13?,14-,16+,36?. The van der Waals surface area contributed by atoms with Crippen molar-refractivity contribution in [3.05, 3.63) is 35.1 Å². The molecule has 0 saturated heterocycles. The van der Waals surface area contributed by atoms with Crippen LogP contribution in [0.1, 0.15) is 25.8 Å². The normalized spacial score (nSPS) is 19.9. The number of nitrogens with zero attached hydrogens (tertiary/aromatic N) is 5. The number of carbonyl (C=O) groups is 1. The lowest BCUT2D eigenvalue weighted by molar-refractivity contribution is -0.144. The maximum Gasteiger partial charge on any atom is 0.461 e. The Kier molecular flexibility index (Phi) is 7.84. The third-order valence-electron chi connectivity index (χ3n) is 6.20. The van der Waals surface area contributed by atoms with Crippen molar-refractivity contribution in [1.82, 2.24) is 24.2 Å². The van der Waals surface area contributed by atoms with Gasteiger partial charge in [-0.05, 0) is 57.0 Å². The molecule has 0 amide bonds. The van der Waals surface area contributed by atoms with E-state index in [0.29, 0.717) is 22.8 Å². The number of benzene rings is 1. The molecule has 0 aliphatic heterocycles. The van der Waals surface area contributed by atoms with Gasteiger partial charge < -0.3 is 24.3 Å². The van der Waals surface area contributed by atoms with E-state index in [0.717, 1.165) is 17.3 Å². The van der Waals surface area contributed by atoms with Crippen molar-refractivity contribution in [1.29, 1.82) is 0 Å². The Labute approximate surface area is 216 Å². The Balaban J connectivity index is 1.46. The molecule has 0 spiro atoms. The minimum atomic E-state index is -3.90. The molecule has 1 saturated carbocycles. The van der Waals surface area contributed by atoms with Gasteiger partial charge in [-0.3, -0.25) is 9.32 Å². The first-order valence-corrected chi connectivity index (χ1v) is 13.5. The van der Waals surface area contributed by atoms with E-state index in [-0.39, 0.29) is 24.5 Å². The Morgan fingerprint density at radius 1 is 1.28 bits per heavy atom. The molecule has 2 aromatic heterocycles. The van der Waals surface area contributed by atoms with Crippen LogP contribution < -0.4 is 15.0 Å². The summed E-state index contributed by atoms with van der Waals surface area (Å²) < 4.78 is 39.7. The summed E-state index contributed by atoms with van der Waals surface area (Å²) in [6.07, 6.45) is 3.18. The Hall–Kier alpha value is -2.73. The van der Waals surface area contributed by atoms with Gasteiger partial charge in [0.05, 0.1) is 27.2 Å². The molecule has 0 radical (unpaired) electrons. The van der Waals surface area contributed by atoms with Crippen LogP contribution in [0, 0.1) is 5.92 Å². The Morgan fingerprint density at radius 3 is 2.61 bits per heavy atom. The van der Waals surface area contributed by atoms with Crippen LogP contribution in [-0.2, 0) is 18.6 Å². The lowest BCUT2D eigenvalue weighted by Crippen LogP contribution is -2.37. The van der Waals surface area contributed by atoms with Gasteiger partial charge in [0.2, 0.25) is 11.8 Å². The molecular formula is C22H28BrN6O6P. The van der Waals surface area contributed by atoms with Crippen LogP contribution >= 0.6 is 23.7 Å². The fourth-order valence-electron chi connectivity index (χ4n) is 3.93. The predicted molar refractivity (Wildman–Crippen MR) is 136 cm³/mol. The summed E-state index contributed by atoms with van der Waals surface area (Å²) in [5.74, 6) is 0.344. The number of rotatable bonds is 10. The number of hydrogen-bond acceptors (Lipinski definition) is 10. The molecule has 194 valence electrons. The van der Waals surface area contributed by atoms with Gasteiger partial charge >= 0.3 is 13.7 Å². The number of nitrogens with two attached hydrogens (primary N) is 1. The second kappa shape index (κ2) is 10.7. The maximum atomic E-state index is 13.9. The predicted octanol–water partition coefficient (Wildman–Crippen LogP) is 3.83. The first-order valence-electron chi connectivity index (χ1n) is 11.2. The summed E-state index contributed by atoms with van der Waals surface area (Å²) in [6.45, 7) is 1.76. The summed E-state index contributed by atoms with van der Waals surface area (Å²) in [7, 11) is 0.396. The lowest BCUT2D eigenvalue weighted by atomic mass is 9.81. The van der Waals surface area contributed by atoms with Crippen molar-refractivity contribution in [3.8, 4) is 11.6 Å². The van der Waals surface area contributed by atoms with Crippen molar-refractivity contribution in [2.45, 2.75) is 31.8 Å². The average Bonchev–Trinajstić information content (AvgIpc) is 3.25. The van der Waals surface area contributed by atoms with E-state index in [1.165, 1.54) is 25.9 Å². The van der Waals surface area contributed by atoms with E-state index in [9.17, 15) is 9.36 Å². The highest BCUT2D eigenvalue weighted by molar-refractivity contribution is 9.10. The maximum absolute atomic E-state index is 13.9. The van der Waals surface area contributed by atoms with Gasteiger partial charge in [-0.2, -0.15) is 14.6 Å². The molecule has 3 aromatic rings. The number of imidazole rings is 1. The summed E-state index contributed by atoms with van der Waals surface area (Å²) in [5, 5.41) is 0. The molecule has 12 nitrogen and oxygen atoms in total. The average molecular weight is 583 g/mol. The molecule has 2 unspecified atom stereocenters. The summed E-state index contributed by atoms with van der Waals surface area (Å²) in [5.41, 5.74) is 6.95. The number of methoxy groups -OCH3 is 2. The quantitative estimate of drug-likeness (QED) is 0.275. The minimum Gasteiger partial charge on any atom is -0.479 e. The molecular weight excluding hydrogens is 555 g/mol. The van der Waals surface area contributed by atoms with Crippen LogP contribution in [0.4, 0.5) is 5.95 Å². The van der Waals surface area contributed by atoms with Crippen molar-refractivity contribution in [3.63, 3.8) is 0 Å². The molecule has 36 heavy (non-hydrogen) atoms. The molecule has 2 N–H and O–H groups in total. The van der Waals surface area contributed by atoms with E-state index < -0.39 is 19.8 Å². The van der Waals surface area contributed by atoms with E-state index in [1.54, 1.807) is 37.5 Å². The van der Waals surface area contributed by atoms with E-state index in [1.807, 2.05) is 4.57 Å². The van der Waals surface area contributed by atoms with E-state index >= 15 is 0 Å². The number of ether oxygens (including phenoxy) is 2. The van der Waals surface area contributed by atoms with Gasteiger partial charge in [-0.25, -0.2) is 9.55 Å². The number of esters is 1. The van der Waals surface area contributed by atoms with Crippen molar-refractivity contribution in [2.24, 2.45) is 5.92 Å². The van der Waals surface area contributed by atoms with Crippen LogP contribution in [0.25, 0.3) is 11.2 Å². The van der Waals surface area contributed by atoms with Gasteiger partial charge in [0.25, 0.3) is 0 Å². The highest BCUT2D eigenvalue weighted by atomic mass is 79.9. The number of halogens is 1. The fraction of sp³-hybridized carbons (Fsp3) is 0.455. The molecule has 4 rings (SSSR count). The van der Waals surface area contributed by atoms with Gasteiger partial charge in [0.1, 0.15) is 11.8 Å². The van der Waals surface area contributed by atoms with Gasteiger partial charge in [-0.15, -0.1) is 0 Å². The van der Waals surface area contributed by atoms with Crippen molar-refractivity contribution in [2.75, 3.05) is 33.6 Å². The van der Waals surface area contributed by atoms with Gasteiger partial charge in [0, 0.05) is 10.5 Å². The number of likely N-dealkylation sites (N-methyl/N-ethyl adjacent to an activating group) is 1. The number of aromatic nitrogens is 4. The van der Waals surface area contributed by atoms with E-state index in [2.05, 4.69) is 30.9 Å². The molecule has 1 fully saturated rings. The van der Waals surface area contributed by atoms with Crippen molar-refractivity contribution < 1.29 is 27.9 Å². The van der Waals surface area contributed by atoms with E-state index in [4.69, 9.17) is 24.3 Å². The fourth-order valence-corrected chi connectivity index (χ4v) is 5.86. The van der Waals surface area contributed by atoms with Crippen LogP contribution in [0.15, 0.2) is 35.1 Å². The Morgan fingerprint density at radius 2 is 1.97 bits per heavy atom. The third-order valence-corrected chi connectivity index (χ3v) is 8.77. The SMILES string of the molecule is COC(=O)C(C)N(C)P(=O)(OC[C@H]1C[C@@H](n2cnc3c(OC)nc(N)nc32)C1)Oc1ccc(Br)cc1. The smallest absolute Gasteiger partial charge is 0.461 e. The number of carbonyl (C=O) groups excluding carboxylic acids is 1. The van der Waals surface area contributed by atoms with Crippen LogP contribution in [0.5, 0.6) is 11.6 Å². The second-order valence-electron chi connectivity index (χ2n) is 8.49. The number of anilines is 1. The summed E-state index contributed by atoms with van der Waals surface area (Å²) in [6, 6.07) is 6.13. The van der Waals surface area contributed by atoms with Gasteiger partial charge in [-0.1, -0.05) is 15.9 Å². The monoisotopic (exact) mass is 582 g/mol. The van der Waals surface area contributed by atoms with Crippen LogP contribution in [0.2, 0.25) is 0 Å². The highest BCUT2D eigenvalue weighted by Crippen LogP contribution is 2.54. The van der Waals surface area contributed by atoms with Crippen LogP contribution in [-0.4, -0.2) is 64.1 Å². The first-order chi connectivity index (χ1) is 17.1. The largest absolute Gasteiger partial charge is 0.479 e. The molecule has 14 heteroatoms. The summed E-state index contributed by atoms with van der Waals surface area (Å²) >= 11 is 3.37. The molecule has 2 atom stereocenters. The van der Waals surface area contributed by atoms with Crippen molar-refractivity contribution >= 4 is 46.8 Å². The molecule has 1 aromatic carbocycles. The summed E-state index contributed by atoms with van der Waals surface area (Å²) in [4.78, 5) is 24.9. The zero-order chi connectivity index (χ0) is 26.0. The molecule has 2 heterocycles. The number of nitrogen functional groups attached to an aromatic ring is 1. The highest BCUT2D eigenvalue weighted by Gasteiger charge is 2.41. The molecule has 0 bridgehead atoms. The zero-order valence-electron chi connectivity index (χ0n) is 20.3. The number of hydrogen-bond donors (Lipinski definition) is 1. The molecule has 1 aliphatic rings. The van der Waals surface area contributed by atoms with Gasteiger partial charge in [0.15, 0.2) is 11.2 Å². The molecule has 1 aliphatic carbocycles. The lowest BCUT2D eigenvalue weighted by Gasteiger charge is -2.37. The first kappa shape index (κ1) is 26.3.